The third-order valence-corrected chi connectivity index (χ3v) is 1.28. The van der Waals surface area contributed by atoms with Crippen LogP contribution in [0.1, 0.15) is 39.0 Å². The van der Waals surface area contributed by atoms with Crippen LogP contribution in [0.15, 0.2) is 0 Å². The van der Waals surface area contributed by atoms with Gasteiger partial charge in [0.05, 0.1) is 0 Å². The number of hydrogen-bond acceptors (Lipinski definition) is 3. The number of carbonyl (C=O) groups excluding carboxylic acids is 2. The summed E-state index contributed by atoms with van der Waals surface area (Å²) in [5.41, 5.74) is 0. The number of aliphatic carboxylic acids is 1. The summed E-state index contributed by atoms with van der Waals surface area (Å²) in [6.07, 6.45) is 6.40. The van der Waals surface area contributed by atoms with Crippen molar-refractivity contribution in [3.05, 3.63) is 0 Å². The van der Waals surface area contributed by atoms with Gasteiger partial charge in [0, 0.05) is 6.42 Å². The van der Waals surface area contributed by atoms with Crippen LogP contribution in [0.3, 0.4) is 0 Å². The smallest absolute Gasteiger partial charge is 0.368 e. The summed E-state index contributed by atoms with van der Waals surface area (Å²) in [6, 6.07) is 0. The minimum absolute atomic E-state index is 0.167. The van der Waals surface area contributed by atoms with Gasteiger partial charge in [-0.25, -0.2) is 4.79 Å². The van der Waals surface area contributed by atoms with Gasteiger partial charge in [0.1, 0.15) is 6.29 Å². The number of rotatable bonds is 6. The van der Waals surface area contributed by atoms with E-state index in [1.165, 1.54) is 19.3 Å². The van der Waals surface area contributed by atoms with Crippen LogP contribution in [0.25, 0.3) is 0 Å². The molecule has 0 aliphatic rings. The second-order valence-corrected chi connectivity index (χ2v) is 2.47. The van der Waals surface area contributed by atoms with E-state index in [1.807, 2.05) is 0 Å². The highest BCUT2D eigenvalue weighted by molar-refractivity contribution is 6.19. The Bertz CT molecular complexity index is 143. The minimum atomic E-state index is -1.43. The molecule has 4 nitrogen and oxygen atoms in total. The molecule has 0 aliphatic heterocycles. The van der Waals surface area contributed by atoms with E-state index >= 15 is 0 Å². The molecule has 0 aromatic carbocycles. The molecule has 1 N–H and O–H groups in total. The predicted octanol–water partition coefficient (Wildman–Crippen LogP) is 1.43. The molecule has 13 heavy (non-hydrogen) atoms. The summed E-state index contributed by atoms with van der Waals surface area (Å²) in [5.74, 6) is -1.43. The topological polar surface area (TPSA) is 71.4 Å². The maximum absolute atomic E-state index is 9.77. The maximum Gasteiger partial charge on any atom is 0.368 e. The zero-order chi connectivity index (χ0) is 10.5. The van der Waals surface area contributed by atoms with Crippen molar-refractivity contribution in [3.8, 4) is 0 Å². The van der Waals surface area contributed by atoms with Gasteiger partial charge in [0.25, 0.3) is 0 Å². The zero-order valence-corrected chi connectivity index (χ0v) is 7.86. The van der Waals surface area contributed by atoms with Gasteiger partial charge in [-0.05, 0) is 6.42 Å². The minimum Gasteiger partial charge on any atom is -0.476 e. The van der Waals surface area contributed by atoms with Crippen LogP contribution < -0.4 is 0 Å². The molecule has 0 radical (unpaired) electrons. The van der Waals surface area contributed by atoms with Crippen LogP contribution >= 0.6 is 0 Å². The molecule has 0 bridgehead atoms. The first-order valence-corrected chi connectivity index (χ1v) is 4.30. The molecular formula is C9H16O4. The molecule has 0 rings (SSSR count). The van der Waals surface area contributed by atoms with Gasteiger partial charge in [0.2, 0.25) is 6.29 Å². The number of aldehydes is 2. The third kappa shape index (κ3) is 24.9. The van der Waals surface area contributed by atoms with Crippen LogP contribution in [0.2, 0.25) is 0 Å². The van der Waals surface area contributed by atoms with Crippen LogP contribution in [0.5, 0.6) is 0 Å². The van der Waals surface area contributed by atoms with Crippen molar-refractivity contribution in [3.63, 3.8) is 0 Å². The van der Waals surface area contributed by atoms with Crippen molar-refractivity contribution in [1.82, 2.24) is 0 Å². The quantitative estimate of drug-likeness (QED) is 0.389. The molecule has 0 aliphatic carbocycles. The van der Waals surface area contributed by atoms with Gasteiger partial charge in [0.15, 0.2) is 0 Å². The van der Waals surface area contributed by atoms with Gasteiger partial charge in [-0.15, -0.1) is 0 Å². The molecule has 0 saturated carbocycles. The molecule has 0 atom stereocenters. The average Bonchev–Trinajstić information content (AvgIpc) is 2.14. The maximum atomic E-state index is 9.77. The summed E-state index contributed by atoms with van der Waals surface area (Å²) >= 11 is 0. The molecule has 0 amide bonds. The van der Waals surface area contributed by atoms with Crippen molar-refractivity contribution in [2.45, 2.75) is 39.0 Å². The summed E-state index contributed by atoms with van der Waals surface area (Å²) in [4.78, 5) is 27.7. The molecule has 4 heteroatoms. The number of carbonyl (C=O) groups is 3. The lowest BCUT2D eigenvalue weighted by Crippen LogP contribution is -1.91. The number of hydrogen-bond donors (Lipinski definition) is 1. The standard InChI is InChI=1S/C7H14O.C2H2O3/c1-2-3-4-5-6-7-8;3-1-2(4)5/h7H,2-6H2,1H3;1H,(H,4,5). The van der Waals surface area contributed by atoms with Crippen molar-refractivity contribution in [2.75, 3.05) is 0 Å². The van der Waals surface area contributed by atoms with E-state index in [4.69, 9.17) is 14.7 Å². The lowest BCUT2D eigenvalue weighted by Gasteiger charge is -1.90. The summed E-state index contributed by atoms with van der Waals surface area (Å²) in [6.45, 7) is 2.17. The molecule has 0 heterocycles. The van der Waals surface area contributed by atoms with Crippen molar-refractivity contribution in [2.24, 2.45) is 0 Å². The van der Waals surface area contributed by atoms with Crippen molar-refractivity contribution >= 4 is 18.5 Å². The van der Waals surface area contributed by atoms with E-state index in [2.05, 4.69) is 6.92 Å². The molecule has 0 aromatic heterocycles. The first kappa shape index (κ1) is 14.3. The Balaban J connectivity index is 0. The Hall–Kier alpha value is -1.19. The second-order valence-electron chi connectivity index (χ2n) is 2.47. The molecule has 0 saturated heterocycles. The Morgan fingerprint density at radius 1 is 1.23 bits per heavy atom. The largest absolute Gasteiger partial charge is 0.476 e. The Morgan fingerprint density at radius 2 is 1.77 bits per heavy atom. The molecule has 0 aromatic rings. The summed E-state index contributed by atoms with van der Waals surface area (Å²) in [5, 5.41) is 7.35. The average molecular weight is 188 g/mol. The highest BCUT2D eigenvalue weighted by atomic mass is 16.4. The van der Waals surface area contributed by atoms with Gasteiger partial charge in [-0.3, -0.25) is 4.79 Å². The van der Waals surface area contributed by atoms with Gasteiger partial charge in [-0.2, -0.15) is 0 Å². The molecule has 0 fully saturated rings. The van der Waals surface area contributed by atoms with Crippen LogP contribution in [0, 0.1) is 0 Å². The second kappa shape index (κ2) is 13.4. The predicted molar refractivity (Wildman–Crippen MR) is 48.5 cm³/mol. The fraction of sp³-hybridized carbons (Fsp3) is 0.667. The van der Waals surface area contributed by atoms with E-state index in [0.29, 0.717) is 0 Å². The molecule has 76 valence electrons. The highest BCUT2D eigenvalue weighted by Crippen LogP contribution is 1.99. The van der Waals surface area contributed by atoms with E-state index in [9.17, 15) is 4.79 Å². The Labute approximate surface area is 77.9 Å². The summed E-state index contributed by atoms with van der Waals surface area (Å²) < 4.78 is 0. The first-order valence-electron chi connectivity index (χ1n) is 4.30. The van der Waals surface area contributed by atoms with E-state index in [1.54, 1.807) is 0 Å². The van der Waals surface area contributed by atoms with Crippen molar-refractivity contribution < 1.29 is 19.5 Å². The van der Waals surface area contributed by atoms with Gasteiger partial charge < -0.3 is 9.90 Å². The van der Waals surface area contributed by atoms with E-state index in [-0.39, 0.29) is 6.29 Å². The van der Waals surface area contributed by atoms with Gasteiger partial charge >= 0.3 is 5.97 Å². The first-order chi connectivity index (χ1) is 6.18. The molecule has 0 unspecified atom stereocenters. The van der Waals surface area contributed by atoms with Crippen LogP contribution in [0.4, 0.5) is 0 Å². The third-order valence-electron chi connectivity index (χ3n) is 1.28. The number of carboxylic acid groups (broad SMARTS) is 1. The molecule has 0 spiro atoms. The zero-order valence-electron chi connectivity index (χ0n) is 7.86. The summed E-state index contributed by atoms with van der Waals surface area (Å²) in [7, 11) is 0. The fourth-order valence-electron chi connectivity index (χ4n) is 0.654. The lowest BCUT2D eigenvalue weighted by molar-refractivity contribution is -0.143. The van der Waals surface area contributed by atoms with E-state index < -0.39 is 5.97 Å². The highest BCUT2D eigenvalue weighted by Gasteiger charge is 1.83. The number of unbranched alkanes of at least 4 members (excludes halogenated alkanes) is 4. The Kier molecular flexibility index (Phi) is 14.8. The SMILES string of the molecule is CCCCCCC=O.O=CC(=O)O. The Morgan fingerprint density at radius 3 is 2.08 bits per heavy atom. The van der Waals surface area contributed by atoms with Crippen LogP contribution in [-0.2, 0) is 14.4 Å². The normalized spacial score (nSPS) is 8.08. The van der Waals surface area contributed by atoms with Crippen LogP contribution in [-0.4, -0.2) is 23.6 Å². The molecular weight excluding hydrogens is 172 g/mol. The number of carboxylic acids is 1. The van der Waals surface area contributed by atoms with Crippen molar-refractivity contribution in [1.29, 1.82) is 0 Å². The monoisotopic (exact) mass is 188 g/mol. The van der Waals surface area contributed by atoms with Gasteiger partial charge in [-0.1, -0.05) is 26.2 Å². The fourth-order valence-corrected chi connectivity index (χ4v) is 0.654. The van der Waals surface area contributed by atoms with E-state index in [0.717, 1.165) is 19.1 Å². The lowest BCUT2D eigenvalue weighted by atomic mass is 10.2.